The van der Waals surface area contributed by atoms with Crippen molar-refractivity contribution in [3.8, 4) is 0 Å². The molecular weight excluding hydrogens is 372 g/mol. The van der Waals surface area contributed by atoms with Crippen LogP contribution >= 0.6 is 0 Å². The number of anilines is 1. The number of esters is 1. The third-order valence-electron chi connectivity index (χ3n) is 4.74. The summed E-state index contributed by atoms with van der Waals surface area (Å²) in [6.45, 7) is 3.81. The normalized spacial score (nSPS) is 10.6. The molecule has 0 aliphatic heterocycles. The molecule has 7 nitrogen and oxygen atoms in total. The van der Waals surface area contributed by atoms with Crippen molar-refractivity contribution in [1.82, 2.24) is 5.32 Å². The van der Waals surface area contributed by atoms with Gasteiger partial charge >= 0.3 is 5.97 Å². The first-order chi connectivity index (χ1) is 13.9. The minimum absolute atomic E-state index is 0.177. The van der Waals surface area contributed by atoms with E-state index in [2.05, 4.69) is 15.4 Å². The number of ether oxygens (including phenoxy) is 1. The van der Waals surface area contributed by atoms with Gasteiger partial charge in [0.05, 0.1) is 19.8 Å². The number of furan rings is 1. The summed E-state index contributed by atoms with van der Waals surface area (Å²) in [4.78, 5) is 35.5. The van der Waals surface area contributed by atoms with Gasteiger partial charge in [0, 0.05) is 22.2 Å². The van der Waals surface area contributed by atoms with E-state index in [9.17, 15) is 14.4 Å². The zero-order chi connectivity index (χ0) is 21.0. The molecule has 0 aliphatic rings. The number of fused-ring (bicyclic) bond motifs is 1. The van der Waals surface area contributed by atoms with E-state index in [0.29, 0.717) is 11.3 Å². The van der Waals surface area contributed by atoms with Gasteiger partial charge < -0.3 is 19.8 Å². The van der Waals surface area contributed by atoms with E-state index >= 15 is 0 Å². The number of methoxy groups -OCH3 is 1. The van der Waals surface area contributed by atoms with Crippen LogP contribution in [0.2, 0.25) is 0 Å². The molecule has 0 fully saturated rings. The van der Waals surface area contributed by atoms with Crippen LogP contribution in [-0.4, -0.2) is 31.4 Å². The van der Waals surface area contributed by atoms with Crippen molar-refractivity contribution >= 4 is 34.4 Å². The molecule has 3 aromatic rings. The molecule has 2 N–H and O–H groups in total. The Hall–Kier alpha value is -3.61. The average Bonchev–Trinajstić information content (AvgIpc) is 3.12. The Morgan fingerprint density at radius 2 is 1.76 bits per heavy atom. The molecule has 1 heterocycles. The standard InChI is InChI=1S/C22H22N2O5/c1-13-4-9-18-16(12-29-21(18)14(13)2)10-19(25)24-17-7-5-15(6-8-17)22(27)23-11-20(26)28-3/h4-9,12H,10-11H2,1-3H3,(H,23,27)(H,24,25). The second-order valence-electron chi connectivity index (χ2n) is 6.71. The van der Waals surface area contributed by atoms with E-state index in [1.54, 1.807) is 30.5 Å². The van der Waals surface area contributed by atoms with Crippen LogP contribution in [-0.2, 0) is 20.7 Å². The summed E-state index contributed by atoms with van der Waals surface area (Å²) in [6, 6.07) is 10.4. The minimum Gasteiger partial charge on any atom is -0.468 e. The van der Waals surface area contributed by atoms with Crippen LogP contribution in [0.15, 0.2) is 47.1 Å². The maximum Gasteiger partial charge on any atom is 0.325 e. The molecule has 2 aromatic carbocycles. The highest BCUT2D eigenvalue weighted by molar-refractivity contribution is 5.98. The highest BCUT2D eigenvalue weighted by Crippen LogP contribution is 2.27. The lowest BCUT2D eigenvalue weighted by Crippen LogP contribution is -2.30. The molecule has 0 saturated carbocycles. The molecule has 7 heteroatoms. The number of benzene rings is 2. The minimum atomic E-state index is -0.528. The Bertz CT molecular complexity index is 1070. The topological polar surface area (TPSA) is 97.6 Å². The van der Waals surface area contributed by atoms with Crippen molar-refractivity contribution in [3.05, 3.63) is 64.9 Å². The molecule has 3 rings (SSSR count). The predicted molar refractivity (Wildman–Crippen MR) is 109 cm³/mol. The smallest absolute Gasteiger partial charge is 0.325 e. The fourth-order valence-electron chi connectivity index (χ4n) is 2.94. The van der Waals surface area contributed by atoms with Gasteiger partial charge in [0.2, 0.25) is 5.91 Å². The first kappa shape index (κ1) is 20.1. The largest absolute Gasteiger partial charge is 0.468 e. The predicted octanol–water partition coefficient (Wildman–Crippen LogP) is 3.13. The maximum atomic E-state index is 12.4. The van der Waals surface area contributed by atoms with Gasteiger partial charge in [-0.3, -0.25) is 14.4 Å². The fourth-order valence-corrected chi connectivity index (χ4v) is 2.94. The van der Waals surface area contributed by atoms with Crippen LogP contribution < -0.4 is 10.6 Å². The first-order valence-electron chi connectivity index (χ1n) is 9.10. The summed E-state index contributed by atoms with van der Waals surface area (Å²) in [6.07, 6.45) is 1.79. The van der Waals surface area contributed by atoms with E-state index in [4.69, 9.17) is 4.42 Å². The molecule has 2 amide bonds. The van der Waals surface area contributed by atoms with Crippen molar-refractivity contribution in [2.24, 2.45) is 0 Å². The Kier molecular flexibility index (Phi) is 5.97. The van der Waals surface area contributed by atoms with E-state index in [1.807, 2.05) is 26.0 Å². The number of nitrogens with one attached hydrogen (secondary N) is 2. The molecule has 0 aliphatic carbocycles. The summed E-state index contributed by atoms with van der Waals surface area (Å²) in [7, 11) is 1.25. The lowest BCUT2D eigenvalue weighted by atomic mass is 10.0. The Balaban J connectivity index is 1.62. The summed E-state index contributed by atoms with van der Waals surface area (Å²) < 4.78 is 10.1. The van der Waals surface area contributed by atoms with Crippen molar-refractivity contribution in [2.45, 2.75) is 20.3 Å². The number of carbonyl (C=O) groups excluding carboxylic acids is 3. The van der Waals surface area contributed by atoms with Gasteiger partial charge in [0.15, 0.2) is 0 Å². The molecule has 0 radical (unpaired) electrons. The van der Waals surface area contributed by atoms with Gasteiger partial charge in [0.25, 0.3) is 5.91 Å². The van der Waals surface area contributed by atoms with Gasteiger partial charge in [0.1, 0.15) is 12.1 Å². The van der Waals surface area contributed by atoms with Crippen LogP contribution in [0.4, 0.5) is 5.69 Å². The molecule has 0 unspecified atom stereocenters. The van der Waals surface area contributed by atoms with Crippen molar-refractivity contribution in [2.75, 3.05) is 19.0 Å². The fraction of sp³-hybridized carbons (Fsp3) is 0.227. The van der Waals surface area contributed by atoms with Gasteiger partial charge in [-0.15, -0.1) is 0 Å². The van der Waals surface area contributed by atoms with Crippen molar-refractivity contribution < 1.29 is 23.5 Å². The summed E-state index contributed by atoms with van der Waals surface area (Å²) in [5.41, 5.74) is 4.77. The Morgan fingerprint density at radius 3 is 2.45 bits per heavy atom. The number of aryl methyl sites for hydroxylation is 2. The number of hydrogen-bond acceptors (Lipinski definition) is 5. The molecule has 0 saturated heterocycles. The highest BCUT2D eigenvalue weighted by Gasteiger charge is 2.13. The van der Waals surface area contributed by atoms with Crippen LogP contribution in [0.25, 0.3) is 11.0 Å². The summed E-state index contributed by atoms with van der Waals surface area (Å²) >= 11 is 0. The molecule has 29 heavy (non-hydrogen) atoms. The maximum absolute atomic E-state index is 12.4. The van der Waals surface area contributed by atoms with Gasteiger partial charge in [-0.25, -0.2) is 0 Å². The Morgan fingerprint density at radius 1 is 1.03 bits per heavy atom. The van der Waals surface area contributed by atoms with Gasteiger partial charge in [-0.05, 0) is 49.2 Å². The zero-order valence-electron chi connectivity index (χ0n) is 16.5. The van der Waals surface area contributed by atoms with E-state index in [-0.39, 0.29) is 18.9 Å². The Labute approximate surface area is 168 Å². The summed E-state index contributed by atoms with van der Waals surface area (Å²) in [5.74, 6) is -1.11. The van der Waals surface area contributed by atoms with E-state index < -0.39 is 11.9 Å². The SMILES string of the molecule is COC(=O)CNC(=O)c1ccc(NC(=O)Cc2coc3c(C)c(C)ccc23)cc1. The van der Waals surface area contributed by atoms with Crippen LogP contribution in [0.1, 0.15) is 27.0 Å². The molecular formula is C22H22N2O5. The van der Waals surface area contributed by atoms with Crippen molar-refractivity contribution in [3.63, 3.8) is 0 Å². The highest BCUT2D eigenvalue weighted by atomic mass is 16.5. The number of rotatable bonds is 6. The second kappa shape index (κ2) is 8.60. The third kappa shape index (κ3) is 4.63. The van der Waals surface area contributed by atoms with E-state index in [0.717, 1.165) is 27.7 Å². The van der Waals surface area contributed by atoms with E-state index in [1.165, 1.54) is 7.11 Å². The van der Waals surface area contributed by atoms with Crippen LogP contribution in [0.3, 0.4) is 0 Å². The molecule has 0 atom stereocenters. The monoisotopic (exact) mass is 394 g/mol. The second-order valence-corrected chi connectivity index (χ2v) is 6.71. The number of amides is 2. The quantitative estimate of drug-likeness (QED) is 0.626. The zero-order valence-corrected chi connectivity index (χ0v) is 16.5. The van der Waals surface area contributed by atoms with Gasteiger partial charge in [-0.1, -0.05) is 12.1 Å². The first-order valence-corrected chi connectivity index (χ1v) is 9.10. The third-order valence-corrected chi connectivity index (χ3v) is 4.74. The number of carbonyl (C=O) groups is 3. The lowest BCUT2D eigenvalue weighted by molar-refractivity contribution is -0.139. The molecule has 0 bridgehead atoms. The van der Waals surface area contributed by atoms with Gasteiger partial charge in [-0.2, -0.15) is 0 Å². The van der Waals surface area contributed by atoms with Crippen LogP contribution in [0, 0.1) is 13.8 Å². The number of hydrogen-bond donors (Lipinski definition) is 2. The lowest BCUT2D eigenvalue weighted by Gasteiger charge is -2.07. The average molecular weight is 394 g/mol. The molecule has 0 spiro atoms. The van der Waals surface area contributed by atoms with Crippen LogP contribution in [0.5, 0.6) is 0 Å². The molecule has 1 aromatic heterocycles. The summed E-state index contributed by atoms with van der Waals surface area (Å²) in [5, 5.41) is 6.20. The van der Waals surface area contributed by atoms with Crippen molar-refractivity contribution in [1.29, 1.82) is 0 Å². The molecule has 150 valence electrons.